The van der Waals surface area contributed by atoms with Crippen LogP contribution < -0.4 is 5.32 Å². The molecule has 27 heavy (non-hydrogen) atoms. The third-order valence-electron chi connectivity index (χ3n) is 5.19. The Morgan fingerprint density at radius 1 is 1.07 bits per heavy atom. The van der Waals surface area contributed by atoms with Gasteiger partial charge in [0.25, 0.3) is 0 Å². The molecule has 4 aromatic rings. The number of carbonyl (C=O) groups is 1. The number of amides is 2. The van der Waals surface area contributed by atoms with Crippen molar-refractivity contribution < 1.29 is 4.79 Å². The fourth-order valence-corrected chi connectivity index (χ4v) is 4.37. The fraction of sp³-hybridized carbons (Fsp3) is 0.136. The largest absolute Gasteiger partial charge is 0.359 e. The van der Waals surface area contributed by atoms with Crippen LogP contribution in [0.3, 0.4) is 0 Å². The molecule has 2 aromatic carbocycles. The maximum atomic E-state index is 12.8. The molecule has 1 aliphatic heterocycles. The smallest absolute Gasteiger partial charge is 0.322 e. The fourth-order valence-electron chi connectivity index (χ4n) is 3.70. The predicted molar refractivity (Wildman–Crippen MR) is 111 cm³/mol. The van der Waals surface area contributed by atoms with Crippen molar-refractivity contribution in [3.63, 3.8) is 0 Å². The van der Waals surface area contributed by atoms with E-state index in [1.807, 2.05) is 35.4 Å². The highest BCUT2D eigenvalue weighted by Crippen LogP contribution is 2.28. The molecule has 0 spiro atoms. The van der Waals surface area contributed by atoms with Crippen LogP contribution in [0.1, 0.15) is 11.1 Å². The van der Waals surface area contributed by atoms with E-state index in [9.17, 15) is 4.79 Å². The van der Waals surface area contributed by atoms with Crippen LogP contribution in [0.15, 0.2) is 65.5 Å². The van der Waals surface area contributed by atoms with E-state index in [0.29, 0.717) is 6.54 Å². The zero-order valence-corrected chi connectivity index (χ0v) is 15.6. The monoisotopic (exact) mass is 373 g/mol. The Labute approximate surface area is 161 Å². The number of nitrogens with one attached hydrogen (secondary N) is 2. The van der Waals surface area contributed by atoms with Gasteiger partial charge in [-0.15, -0.1) is 0 Å². The van der Waals surface area contributed by atoms with E-state index in [4.69, 9.17) is 0 Å². The van der Waals surface area contributed by atoms with Crippen LogP contribution in [0.5, 0.6) is 0 Å². The quantitative estimate of drug-likeness (QED) is 0.480. The molecule has 0 fully saturated rings. The number of rotatable bonds is 2. The van der Waals surface area contributed by atoms with Gasteiger partial charge in [-0.1, -0.05) is 36.4 Å². The number of anilines is 1. The summed E-state index contributed by atoms with van der Waals surface area (Å²) in [5, 5.41) is 8.36. The summed E-state index contributed by atoms with van der Waals surface area (Å²) in [7, 11) is 0. The number of aromatic amines is 1. The van der Waals surface area contributed by atoms with Gasteiger partial charge in [0.05, 0.1) is 5.69 Å². The number of hydrogen-bond donors (Lipinski definition) is 2. The van der Waals surface area contributed by atoms with E-state index in [2.05, 4.69) is 45.3 Å². The summed E-state index contributed by atoms with van der Waals surface area (Å²) in [4.78, 5) is 17.9. The summed E-state index contributed by atoms with van der Waals surface area (Å²) in [6.07, 6.45) is 2.74. The van der Waals surface area contributed by atoms with Gasteiger partial charge in [0.2, 0.25) is 0 Å². The zero-order valence-electron chi connectivity index (χ0n) is 14.7. The highest BCUT2D eigenvalue weighted by atomic mass is 32.1. The first-order valence-electron chi connectivity index (χ1n) is 9.04. The molecule has 0 aliphatic carbocycles. The molecule has 3 heterocycles. The minimum atomic E-state index is -0.0488. The van der Waals surface area contributed by atoms with Crippen molar-refractivity contribution >= 4 is 34.0 Å². The number of carbonyl (C=O) groups excluding carboxylic acids is 1. The SMILES string of the molecule is O=C(Nc1c[nH]c2ccccc12)N1CCc2cc(-c3ccsc3)ccc2C1. The minimum Gasteiger partial charge on any atom is -0.359 e. The van der Waals surface area contributed by atoms with Crippen LogP contribution in [0.25, 0.3) is 22.0 Å². The van der Waals surface area contributed by atoms with Crippen LogP contribution >= 0.6 is 11.3 Å². The van der Waals surface area contributed by atoms with Crippen molar-refractivity contribution in [1.29, 1.82) is 0 Å². The van der Waals surface area contributed by atoms with Crippen LogP contribution in [0.4, 0.5) is 10.5 Å². The van der Waals surface area contributed by atoms with Crippen LogP contribution in [0, 0.1) is 0 Å². The number of fused-ring (bicyclic) bond motifs is 2. The van der Waals surface area contributed by atoms with Gasteiger partial charge < -0.3 is 15.2 Å². The van der Waals surface area contributed by atoms with Gasteiger partial charge in [0.1, 0.15) is 0 Å². The number of H-pyrrole nitrogens is 1. The lowest BCUT2D eigenvalue weighted by atomic mass is 9.95. The molecular formula is C22H19N3OS. The van der Waals surface area contributed by atoms with Crippen LogP contribution in [0.2, 0.25) is 0 Å². The van der Waals surface area contributed by atoms with E-state index in [-0.39, 0.29) is 6.03 Å². The summed E-state index contributed by atoms with van der Waals surface area (Å²) in [6, 6.07) is 16.7. The lowest BCUT2D eigenvalue weighted by Crippen LogP contribution is -2.38. The Hall–Kier alpha value is -3.05. The molecule has 134 valence electrons. The van der Waals surface area contributed by atoms with Gasteiger partial charge in [0.15, 0.2) is 0 Å². The maximum absolute atomic E-state index is 12.8. The second kappa shape index (κ2) is 6.59. The molecule has 4 nitrogen and oxygen atoms in total. The van der Waals surface area contributed by atoms with Crippen molar-refractivity contribution in [2.24, 2.45) is 0 Å². The number of nitrogens with zero attached hydrogens (tertiary/aromatic N) is 1. The Balaban J connectivity index is 1.34. The zero-order chi connectivity index (χ0) is 18.2. The number of thiophene rings is 1. The number of urea groups is 1. The first-order chi connectivity index (χ1) is 13.3. The first kappa shape index (κ1) is 16.1. The standard InChI is InChI=1S/C22H19N3OS/c26-22(24-21-12-23-20-4-2-1-3-19(20)21)25-9-7-16-11-15(5-6-17(16)13-25)18-8-10-27-14-18/h1-6,8,10-12,14,23H,7,9,13H2,(H,24,26). The van der Waals surface area contributed by atoms with Crippen molar-refractivity contribution in [2.75, 3.05) is 11.9 Å². The highest BCUT2D eigenvalue weighted by Gasteiger charge is 2.21. The molecule has 2 N–H and O–H groups in total. The Kier molecular flexibility index (Phi) is 3.94. The molecule has 5 rings (SSSR count). The normalized spacial score (nSPS) is 13.6. The number of aromatic nitrogens is 1. The molecule has 2 amide bonds. The van der Waals surface area contributed by atoms with Crippen LogP contribution in [-0.2, 0) is 13.0 Å². The van der Waals surface area contributed by atoms with Crippen molar-refractivity contribution in [2.45, 2.75) is 13.0 Å². The average Bonchev–Trinajstić information content (AvgIpc) is 3.38. The first-order valence-corrected chi connectivity index (χ1v) is 9.98. The van der Waals surface area contributed by atoms with E-state index in [1.165, 1.54) is 22.3 Å². The molecule has 1 aliphatic rings. The molecule has 0 saturated heterocycles. The average molecular weight is 373 g/mol. The van der Waals surface area contributed by atoms with Crippen molar-refractivity contribution in [1.82, 2.24) is 9.88 Å². The Bertz CT molecular complexity index is 1110. The molecule has 0 bridgehead atoms. The number of hydrogen-bond acceptors (Lipinski definition) is 2. The second-order valence-electron chi connectivity index (χ2n) is 6.85. The van der Waals surface area contributed by atoms with Crippen molar-refractivity contribution in [3.8, 4) is 11.1 Å². The summed E-state index contributed by atoms with van der Waals surface area (Å²) >= 11 is 1.71. The van der Waals surface area contributed by atoms with Crippen molar-refractivity contribution in [3.05, 3.63) is 76.6 Å². The van der Waals surface area contributed by atoms with E-state index in [0.717, 1.165) is 29.6 Å². The Morgan fingerprint density at radius 2 is 2.00 bits per heavy atom. The summed E-state index contributed by atoms with van der Waals surface area (Å²) in [6.45, 7) is 1.38. The third kappa shape index (κ3) is 3.00. The summed E-state index contributed by atoms with van der Waals surface area (Å²) < 4.78 is 0. The summed E-state index contributed by atoms with van der Waals surface area (Å²) in [5.74, 6) is 0. The second-order valence-corrected chi connectivity index (χ2v) is 7.63. The Morgan fingerprint density at radius 3 is 2.89 bits per heavy atom. The molecule has 5 heteroatoms. The number of benzene rings is 2. The van der Waals surface area contributed by atoms with Gasteiger partial charge >= 0.3 is 6.03 Å². The molecule has 2 aromatic heterocycles. The van der Waals surface area contributed by atoms with Gasteiger partial charge in [-0.3, -0.25) is 0 Å². The van der Waals surface area contributed by atoms with Gasteiger partial charge in [-0.2, -0.15) is 11.3 Å². The van der Waals surface area contributed by atoms with E-state index < -0.39 is 0 Å². The predicted octanol–water partition coefficient (Wildman–Crippen LogP) is 5.49. The lowest BCUT2D eigenvalue weighted by Gasteiger charge is -2.29. The van der Waals surface area contributed by atoms with Gasteiger partial charge in [-0.05, 0) is 51.6 Å². The molecule has 0 unspecified atom stereocenters. The highest BCUT2D eigenvalue weighted by molar-refractivity contribution is 7.08. The lowest BCUT2D eigenvalue weighted by molar-refractivity contribution is 0.206. The minimum absolute atomic E-state index is 0.0488. The van der Waals surface area contributed by atoms with E-state index >= 15 is 0 Å². The van der Waals surface area contributed by atoms with Gasteiger partial charge in [0, 0.05) is 30.2 Å². The third-order valence-corrected chi connectivity index (χ3v) is 5.87. The van der Waals surface area contributed by atoms with Crippen LogP contribution in [-0.4, -0.2) is 22.5 Å². The molecule has 0 saturated carbocycles. The molecule has 0 atom stereocenters. The topological polar surface area (TPSA) is 48.1 Å². The number of para-hydroxylation sites is 1. The summed E-state index contributed by atoms with van der Waals surface area (Å²) in [5.41, 5.74) is 6.95. The van der Waals surface area contributed by atoms with E-state index in [1.54, 1.807) is 11.3 Å². The molecular weight excluding hydrogens is 354 g/mol. The maximum Gasteiger partial charge on any atom is 0.322 e. The molecule has 0 radical (unpaired) electrons. The van der Waals surface area contributed by atoms with Gasteiger partial charge in [-0.25, -0.2) is 4.79 Å².